The molecule has 0 aromatic carbocycles. The molecule has 0 unspecified atom stereocenters. The van der Waals surface area contributed by atoms with Gasteiger partial charge < -0.3 is 4.74 Å². The highest BCUT2D eigenvalue weighted by Gasteiger charge is 2.20. The number of carbonyl (C=O) groups is 1. The van der Waals surface area contributed by atoms with Gasteiger partial charge in [-0.15, -0.1) is 0 Å². The third-order valence-electron chi connectivity index (χ3n) is 1.63. The topological polar surface area (TPSA) is 29.5 Å². The second-order valence-corrected chi connectivity index (χ2v) is 2.88. The predicted octanol–water partition coefficient (Wildman–Crippen LogP) is 1.46. The summed E-state index contributed by atoms with van der Waals surface area (Å²) < 4.78 is 5.92. The second-order valence-electron chi connectivity index (χ2n) is 2.47. The van der Waals surface area contributed by atoms with Crippen LogP contribution in [-0.2, 0) is 9.53 Å². The summed E-state index contributed by atoms with van der Waals surface area (Å²) in [5, 5.41) is 0. The first-order valence-corrected chi connectivity index (χ1v) is 3.89. The molecule has 0 atom stereocenters. The average molecular weight is 188 g/mol. The molecule has 0 fully saturated rings. The van der Waals surface area contributed by atoms with Crippen LogP contribution in [-0.4, -0.2) is 24.0 Å². The van der Waals surface area contributed by atoms with Gasteiger partial charge in [-0.2, -0.15) is 0 Å². The molecule has 0 bridgehead atoms. The van der Waals surface area contributed by atoms with Crippen LogP contribution in [0.5, 0.6) is 0 Å². The number of methoxy groups -OCH3 is 1. The first kappa shape index (κ1) is 9.13. The smallest absolute Gasteiger partial charge is 0.355 e. The van der Waals surface area contributed by atoms with Crippen LogP contribution < -0.4 is 0 Å². The Bertz CT molecular complexity index is 258. The number of allylic oxidation sites excluding steroid dienone is 2. The summed E-state index contributed by atoms with van der Waals surface area (Å²) in [6.07, 6.45) is 3.74. The Balaban J connectivity index is 2.96. The van der Waals surface area contributed by atoms with Gasteiger partial charge >= 0.3 is 5.97 Å². The lowest BCUT2D eigenvalue weighted by Gasteiger charge is -2.20. The molecule has 1 rings (SSSR count). The van der Waals surface area contributed by atoms with E-state index in [2.05, 4.69) is 4.74 Å². The minimum Gasteiger partial charge on any atom is -0.464 e. The molecule has 4 heteroatoms. The van der Waals surface area contributed by atoms with Gasteiger partial charge in [0.2, 0.25) is 0 Å². The van der Waals surface area contributed by atoms with Gasteiger partial charge in [0.15, 0.2) is 0 Å². The Morgan fingerprint density at radius 1 is 1.75 bits per heavy atom. The molecule has 0 spiro atoms. The van der Waals surface area contributed by atoms with Crippen molar-refractivity contribution in [3.05, 3.63) is 23.4 Å². The first-order valence-electron chi connectivity index (χ1n) is 3.56. The van der Waals surface area contributed by atoms with E-state index in [0.29, 0.717) is 12.2 Å². The number of halogens is 1. The van der Waals surface area contributed by atoms with Crippen LogP contribution >= 0.6 is 11.8 Å². The van der Waals surface area contributed by atoms with Crippen molar-refractivity contribution in [2.75, 3.05) is 13.7 Å². The Labute approximate surface area is 76.4 Å². The van der Waals surface area contributed by atoms with Crippen LogP contribution in [0.25, 0.3) is 0 Å². The van der Waals surface area contributed by atoms with Gasteiger partial charge in [0, 0.05) is 11.8 Å². The van der Waals surface area contributed by atoms with Crippen LogP contribution in [0.2, 0.25) is 0 Å². The highest BCUT2D eigenvalue weighted by Crippen LogP contribution is 2.19. The molecule has 66 valence electrons. The Morgan fingerprint density at radius 2 is 2.42 bits per heavy atom. The predicted molar refractivity (Wildman–Crippen MR) is 46.4 cm³/mol. The lowest BCUT2D eigenvalue weighted by atomic mass is 10.1. The van der Waals surface area contributed by atoms with Gasteiger partial charge in [0.25, 0.3) is 0 Å². The molecule has 3 nitrogen and oxygen atoms in total. The van der Waals surface area contributed by atoms with E-state index in [-0.39, 0.29) is 0 Å². The maximum Gasteiger partial charge on any atom is 0.355 e. The highest BCUT2D eigenvalue weighted by molar-refractivity contribution is 6.17. The van der Waals surface area contributed by atoms with E-state index in [4.69, 9.17) is 11.8 Å². The van der Waals surface area contributed by atoms with Gasteiger partial charge in [-0.1, -0.05) is 12.2 Å². The molecule has 0 saturated heterocycles. The van der Waals surface area contributed by atoms with E-state index in [0.717, 1.165) is 5.57 Å². The Kier molecular flexibility index (Phi) is 2.76. The van der Waals surface area contributed by atoms with Gasteiger partial charge in [-0.25, -0.2) is 4.79 Å². The number of rotatable bonds is 1. The first-order chi connectivity index (χ1) is 5.66. The van der Waals surface area contributed by atoms with E-state index in [1.807, 2.05) is 19.1 Å². The fraction of sp³-hybridized carbons (Fsp3) is 0.375. The van der Waals surface area contributed by atoms with Crippen molar-refractivity contribution in [1.82, 2.24) is 4.42 Å². The summed E-state index contributed by atoms with van der Waals surface area (Å²) in [5.41, 5.74) is 1.24. The van der Waals surface area contributed by atoms with Crippen LogP contribution in [0.1, 0.15) is 6.92 Å². The lowest BCUT2D eigenvalue weighted by molar-refractivity contribution is -0.137. The minimum absolute atomic E-state index is 0.396. The molecule has 0 saturated carbocycles. The lowest BCUT2D eigenvalue weighted by Crippen LogP contribution is -2.23. The van der Waals surface area contributed by atoms with Crippen molar-refractivity contribution in [3.8, 4) is 0 Å². The Morgan fingerprint density at radius 3 is 2.92 bits per heavy atom. The quantitative estimate of drug-likeness (QED) is 0.460. The van der Waals surface area contributed by atoms with E-state index >= 15 is 0 Å². The molecule has 0 aromatic rings. The summed E-state index contributed by atoms with van der Waals surface area (Å²) in [5.74, 6) is -0.396. The number of ether oxygens (including phenoxy) is 1. The summed E-state index contributed by atoms with van der Waals surface area (Å²) in [6, 6.07) is 0. The fourth-order valence-electron chi connectivity index (χ4n) is 1.04. The molecule has 0 amide bonds. The average Bonchev–Trinajstić information content (AvgIpc) is 2.03. The van der Waals surface area contributed by atoms with Gasteiger partial charge in [0.05, 0.1) is 13.7 Å². The minimum atomic E-state index is -0.396. The number of nitrogens with zero attached hydrogens (tertiary/aromatic N) is 1. The molecule has 0 radical (unpaired) electrons. The number of carbonyl (C=O) groups excluding carboxylic acids is 1. The zero-order valence-corrected chi connectivity index (χ0v) is 7.76. The molecular weight excluding hydrogens is 178 g/mol. The number of hydrogen-bond acceptors (Lipinski definition) is 3. The van der Waals surface area contributed by atoms with Crippen molar-refractivity contribution in [1.29, 1.82) is 0 Å². The molecule has 0 aromatic heterocycles. The number of esters is 1. The summed E-state index contributed by atoms with van der Waals surface area (Å²) in [6.45, 7) is 2.35. The van der Waals surface area contributed by atoms with Crippen molar-refractivity contribution in [2.24, 2.45) is 0 Å². The fourth-order valence-corrected chi connectivity index (χ4v) is 1.32. The van der Waals surface area contributed by atoms with Crippen LogP contribution in [0.3, 0.4) is 0 Å². The molecule has 0 aliphatic carbocycles. The molecule has 12 heavy (non-hydrogen) atoms. The van der Waals surface area contributed by atoms with E-state index < -0.39 is 5.97 Å². The summed E-state index contributed by atoms with van der Waals surface area (Å²) in [4.78, 5) is 11.1. The van der Waals surface area contributed by atoms with Crippen molar-refractivity contribution >= 4 is 17.7 Å². The van der Waals surface area contributed by atoms with Crippen LogP contribution in [0.15, 0.2) is 23.4 Å². The SMILES string of the molecule is COC(=O)C1=C(C)C=CCN1Cl. The number of hydrogen-bond donors (Lipinski definition) is 0. The third-order valence-corrected chi connectivity index (χ3v) is 1.94. The summed E-state index contributed by atoms with van der Waals surface area (Å²) >= 11 is 5.77. The molecular formula is C8H10ClNO2. The third kappa shape index (κ3) is 1.61. The summed E-state index contributed by atoms with van der Waals surface area (Å²) in [7, 11) is 1.34. The maximum absolute atomic E-state index is 11.1. The molecule has 1 aliphatic rings. The Hall–Kier alpha value is -0.960. The van der Waals surface area contributed by atoms with E-state index in [1.165, 1.54) is 11.5 Å². The maximum atomic E-state index is 11.1. The van der Waals surface area contributed by atoms with Gasteiger partial charge in [0.1, 0.15) is 5.70 Å². The van der Waals surface area contributed by atoms with Crippen molar-refractivity contribution in [2.45, 2.75) is 6.92 Å². The molecule has 0 N–H and O–H groups in total. The van der Waals surface area contributed by atoms with Gasteiger partial charge in [-0.05, 0) is 12.5 Å². The zero-order valence-electron chi connectivity index (χ0n) is 7.00. The molecule has 1 aliphatic heterocycles. The van der Waals surface area contributed by atoms with Crippen molar-refractivity contribution < 1.29 is 9.53 Å². The van der Waals surface area contributed by atoms with E-state index in [1.54, 1.807) is 0 Å². The monoisotopic (exact) mass is 187 g/mol. The highest BCUT2D eigenvalue weighted by atomic mass is 35.5. The zero-order chi connectivity index (χ0) is 9.14. The normalized spacial score (nSPS) is 16.8. The second kappa shape index (κ2) is 3.63. The molecule has 1 heterocycles. The van der Waals surface area contributed by atoms with Crippen LogP contribution in [0.4, 0.5) is 0 Å². The van der Waals surface area contributed by atoms with E-state index in [9.17, 15) is 4.79 Å². The standard InChI is InChI=1S/C8H10ClNO2/c1-6-4-3-5-10(9)7(6)8(11)12-2/h3-4H,5H2,1-2H3. The van der Waals surface area contributed by atoms with Crippen molar-refractivity contribution in [3.63, 3.8) is 0 Å². The van der Waals surface area contributed by atoms with Crippen LogP contribution in [0, 0.1) is 0 Å². The largest absolute Gasteiger partial charge is 0.464 e. The van der Waals surface area contributed by atoms with Gasteiger partial charge in [-0.3, -0.25) is 4.42 Å².